The van der Waals surface area contributed by atoms with Gasteiger partial charge in [-0.3, -0.25) is 0 Å². The highest BCUT2D eigenvalue weighted by molar-refractivity contribution is 7.89. The summed E-state index contributed by atoms with van der Waals surface area (Å²) in [4.78, 5) is -0.476. The molecule has 0 aromatic heterocycles. The average Bonchev–Trinajstić information content (AvgIpc) is 2.14. The number of hydrogen-bond donors (Lipinski definition) is 2. The number of aliphatic hydroxyl groups excluding tert-OH is 1. The second-order valence-corrected chi connectivity index (χ2v) is 5.90. The lowest BCUT2D eigenvalue weighted by molar-refractivity contribution is 0.117. The Kier molecular flexibility index (Phi) is 3.07. The van der Waals surface area contributed by atoms with E-state index in [0.29, 0.717) is 0 Å². The summed E-state index contributed by atoms with van der Waals surface area (Å²) >= 11 is 0. The van der Waals surface area contributed by atoms with Crippen molar-refractivity contribution < 1.29 is 17.9 Å². The molecular weight excluding hydrogens is 247 g/mol. The van der Waals surface area contributed by atoms with Crippen LogP contribution in [0.2, 0.25) is 0 Å². The van der Waals surface area contributed by atoms with Gasteiger partial charge in [-0.05, 0) is 12.1 Å². The van der Waals surface area contributed by atoms with Gasteiger partial charge in [-0.2, -0.15) is 4.31 Å². The Hall–Kier alpha value is -1.18. The zero-order valence-electron chi connectivity index (χ0n) is 9.01. The topological polar surface area (TPSA) is 83.6 Å². The predicted octanol–water partition coefficient (Wildman–Crippen LogP) is 0.0207. The van der Waals surface area contributed by atoms with E-state index in [2.05, 4.69) is 0 Å². The molecule has 1 aromatic rings. The van der Waals surface area contributed by atoms with Gasteiger partial charge >= 0.3 is 0 Å². The van der Waals surface area contributed by atoms with Crippen LogP contribution in [0.4, 0.5) is 10.1 Å². The van der Waals surface area contributed by atoms with E-state index in [0.717, 1.165) is 10.4 Å². The highest BCUT2D eigenvalue weighted by Gasteiger charge is 2.38. The zero-order chi connectivity index (χ0) is 12.6. The lowest BCUT2D eigenvalue weighted by Crippen LogP contribution is -2.51. The van der Waals surface area contributed by atoms with Gasteiger partial charge in [0.05, 0.1) is 5.69 Å². The Morgan fingerprint density at radius 2 is 2.12 bits per heavy atom. The molecule has 1 heterocycles. The molecule has 1 saturated heterocycles. The van der Waals surface area contributed by atoms with Crippen molar-refractivity contribution in [3.05, 3.63) is 24.0 Å². The Morgan fingerprint density at radius 1 is 1.47 bits per heavy atom. The SMILES string of the molecule is Nc1cccc(F)c1S(=O)(=O)N1CC(CO)C1. The molecule has 5 nitrogen and oxygen atoms in total. The average molecular weight is 260 g/mol. The third kappa shape index (κ3) is 2.01. The van der Waals surface area contributed by atoms with Gasteiger partial charge in [-0.15, -0.1) is 0 Å². The van der Waals surface area contributed by atoms with E-state index >= 15 is 0 Å². The fourth-order valence-corrected chi connectivity index (χ4v) is 3.51. The third-order valence-corrected chi connectivity index (χ3v) is 4.70. The molecule has 0 atom stereocenters. The Balaban J connectivity index is 2.34. The van der Waals surface area contributed by atoms with E-state index in [9.17, 15) is 12.8 Å². The number of anilines is 1. The molecule has 0 aliphatic carbocycles. The maximum atomic E-state index is 13.5. The van der Waals surface area contributed by atoms with Crippen LogP contribution in [0.3, 0.4) is 0 Å². The number of benzene rings is 1. The van der Waals surface area contributed by atoms with Crippen LogP contribution < -0.4 is 5.73 Å². The van der Waals surface area contributed by atoms with Crippen LogP contribution in [0.15, 0.2) is 23.1 Å². The van der Waals surface area contributed by atoms with Crippen molar-refractivity contribution in [2.24, 2.45) is 5.92 Å². The summed E-state index contributed by atoms with van der Waals surface area (Å²) in [5.74, 6) is -0.921. The minimum absolute atomic E-state index is 0.0707. The van der Waals surface area contributed by atoms with E-state index in [1.54, 1.807) is 0 Å². The van der Waals surface area contributed by atoms with Crippen LogP contribution >= 0.6 is 0 Å². The monoisotopic (exact) mass is 260 g/mol. The van der Waals surface area contributed by atoms with Crippen molar-refractivity contribution in [1.29, 1.82) is 0 Å². The van der Waals surface area contributed by atoms with Crippen LogP contribution in [0.25, 0.3) is 0 Å². The minimum atomic E-state index is -3.88. The number of nitrogen functional groups attached to an aromatic ring is 1. The van der Waals surface area contributed by atoms with E-state index in [1.165, 1.54) is 12.1 Å². The molecule has 0 radical (unpaired) electrons. The van der Waals surface area contributed by atoms with Crippen molar-refractivity contribution in [3.63, 3.8) is 0 Å². The number of halogens is 1. The largest absolute Gasteiger partial charge is 0.398 e. The lowest BCUT2D eigenvalue weighted by atomic mass is 10.1. The lowest BCUT2D eigenvalue weighted by Gasteiger charge is -2.37. The van der Waals surface area contributed by atoms with Gasteiger partial charge in [0.25, 0.3) is 0 Å². The van der Waals surface area contributed by atoms with Gasteiger partial charge in [0, 0.05) is 25.6 Å². The van der Waals surface area contributed by atoms with Crippen molar-refractivity contribution >= 4 is 15.7 Å². The third-order valence-electron chi connectivity index (χ3n) is 2.78. The summed E-state index contributed by atoms with van der Waals surface area (Å²) in [6, 6.07) is 3.77. The van der Waals surface area contributed by atoms with Crippen molar-refractivity contribution in [1.82, 2.24) is 4.31 Å². The Bertz CT molecular complexity index is 506. The summed E-state index contributed by atoms with van der Waals surface area (Å²) in [5, 5.41) is 8.83. The minimum Gasteiger partial charge on any atom is -0.398 e. The molecule has 1 aliphatic rings. The molecule has 0 saturated carbocycles. The summed E-state index contributed by atoms with van der Waals surface area (Å²) in [6.07, 6.45) is 0. The summed E-state index contributed by atoms with van der Waals surface area (Å²) < 4.78 is 38.7. The molecule has 3 N–H and O–H groups in total. The number of rotatable bonds is 3. The van der Waals surface area contributed by atoms with Gasteiger partial charge in [0.15, 0.2) is 0 Å². The predicted molar refractivity (Wildman–Crippen MR) is 60.1 cm³/mol. The molecule has 7 heteroatoms. The fourth-order valence-electron chi connectivity index (χ4n) is 1.76. The van der Waals surface area contributed by atoms with Gasteiger partial charge in [0.1, 0.15) is 10.7 Å². The molecular formula is C10H13FN2O3S. The fraction of sp³-hybridized carbons (Fsp3) is 0.400. The molecule has 1 fully saturated rings. The van der Waals surface area contributed by atoms with Crippen LogP contribution in [-0.2, 0) is 10.0 Å². The molecule has 0 spiro atoms. The molecule has 0 bridgehead atoms. The Labute approximate surface area is 98.7 Å². The highest BCUT2D eigenvalue weighted by atomic mass is 32.2. The maximum Gasteiger partial charge on any atom is 0.248 e. The first-order valence-electron chi connectivity index (χ1n) is 5.12. The second kappa shape index (κ2) is 4.25. The standard InChI is InChI=1S/C10H13FN2O3S/c11-8-2-1-3-9(12)10(8)17(15,16)13-4-7(5-13)6-14/h1-3,7,14H,4-6,12H2. The van der Waals surface area contributed by atoms with Crippen LogP contribution in [0, 0.1) is 11.7 Å². The van der Waals surface area contributed by atoms with Crippen molar-refractivity contribution in [3.8, 4) is 0 Å². The van der Waals surface area contributed by atoms with Crippen molar-refractivity contribution in [2.75, 3.05) is 25.4 Å². The molecule has 94 valence electrons. The van der Waals surface area contributed by atoms with E-state index in [4.69, 9.17) is 10.8 Å². The number of sulfonamides is 1. The second-order valence-electron chi connectivity index (χ2n) is 4.03. The molecule has 0 unspecified atom stereocenters. The highest BCUT2D eigenvalue weighted by Crippen LogP contribution is 2.29. The summed E-state index contributed by atoms with van der Waals surface area (Å²) in [5.41, 5.74) is 5.40. The van der Waals surface area contributed by atoms with Crippen LogP contribution in [0.1, 0.15) is 0 Å². The van der Waals surface area contributed by atoms with Crippen LogP contribution in [-0.4, -0.2) is 37.5 Å². The quantitative estimate of drug-likeness (QED) is 0.750. The first-order valence-corrected chi connectivity index (χ1v) is 6.56. The molecule has 1 aromatic carbocycles. The first kappa shape index (κ1) is 12.3. The van der Waals surface area contributed by atoms with E-state index in [1.807, 2.05) is 0 Å². The Morgan fingerprint density at radius 3 is 2.65 bits per heavy atom. The molecule has 17 heavy (non-hydrogen) atoms. The van der Waals surface area contributed by atoms with Gasteiger partial charge in [-0.25, -0.2) is 12.8 Å². The van der Waals surface area contributed by atoms with E-state index < -0.39 is 20.7 Å². The molecule has 1 aliphatic heterocycles. The molecule has 2 rings (SSSR count). The zero-order valence-corrected chi connectivity index (χ0v) is 9.82. The van der Waals surface area contributed by atoms with Gasteiger partial charge in [0.2, 0.25) is 10.0 Å². The van der Waals surface area contributed by atoms with Crippen molar-refractivity contribution in [2.45, 2.75) is 4.90 Å². The number of aliphatic hydroxyl groups is 1. The van der Waals surface area contributed by atoms with E-state index in [-0.39, 0.29) is 31.3 Å². The number of nitrogens with zero attached hydrogens (tertiary/aromatic N) is 1. The first-order chi connectivity index (χ1) is 7.96. The normalized spacial score (nSPS) is 18.0. The number of hydrogen-bond acceptors (Lipinski definition) is 4. The summed E-state index contributed by atoms with van der Waals surface area (Å²) in [7, 11) is -3.88. The van der Waals surface area contributed by atoms with Gasteiger partial charge in [-0.1, -0.05) is 6.07 Å². The summed E-state index contributed by atoms with van der Waals surface area (Å²) in [6.45, 7) is 0.331. The van der Waals surface area contributed by atoms with Gasteiger partial charge < -0.3 is 10.8 Å². The molecule has 0 amide bonds. The number of nitrogens with two attached hydrogens (primary N) is 1. The maximum absolute atomic E-state index is 13.5. The smallest absolute Gasteiger partial charge is 0.248 e. The van der Waals surface area contributed by atoms with Crippen LogP contribution in [0.5, 0.6) is 0 Å².